The lowest BCUT2D eigenvalue weighted by molar-refractivity contribution is 0.102. The fourth-order valence-electron chi connectivity index (χ4n) is 2.79. The van der Waals surface area contributed by atoms with E-state index in [1.54, 1.807) is 17.7 Å². The third-order valence-electron chi connectivity index (χ3n) is 4.31. The Labute approximate surface area is 153 Å². The molecule has 3 rings (SSSR count). The van der Waals surface area contributed by atoms with Gasteiger partial charge in [0.1, 0.15) is 11.5 Å². The van der Waals surface area contributed by atoms with Gasteiger partial charge in [0, 0.05) is 17.7 Å². The summed E-state index contributed by atoms with van der Waals surface area (Å²) in [5, 5.41) is 7.40. The highest BCUT2D eigenvalue weighted by atomic mass is 32.2. The smallest absolute Gasteiger partial charge is 0.277 e. The lowest BCUT2D eigenvalue weighted by Gasteiger charge is -2.15. The second-order valence-corrected chi connectivity index (χ2v) is 9.89. The first kappa shape index (κ1) is 18.5. The molecule has 2 aromatic rings. The number of hydrogen-bond acceptors (Lipinski definition) is 6. The zero-order chi connectivity index (χ0) is 19.1. The van der Waals surface area contributed by atoms with Gasteiger partial charge in [0.25, 0.3) is 5.91 Å². The number of carbonyl (C=O) groups excluding carboxylic acids is 1. The van der Waals surface area contributed by atoms with E-state index in [0.29, 0.717) is 12.2 Å². The highest BCUT2D eigenvalue weighted by molar-refractivity contribution is 7.91. The molecular weight excluding hydrogens is 354 g/mol. The summed E-state index contributed by atoms with van der Waals surface area (Å²) in [6.07, 6.45) is 3.42. The van der Waals surface area contributed by atoms with Gasteiger partial charge in [0.05, 0.1) is 35.1 Å². The molecule has 8 nitrogen and oxygen atoms in total. The van der Waals surface area contributed by atoms with E-state index in [1.165, 1.54) is 12.4 Å². The zero-order valence-electron chi connectivity index (χ0n) is 15.4. The van der Waals surface area contributed by atoms with Gasteiger partial charge < -0.3 is 5.32 Å². The summed E-state index contributed by atoms with van der Waals surface area (Å²) in [5.74, 6) is 0.245. The van der Waals surface area contributed by atoms with Crippen molar-refractivity contribution < 1.29 is 13.2 Å². The first-order valence-corrected chi connectivity index (χ1v) is 10.3. The largest absolute Gasteiger partial charge is 0.305 e. The van der Waals surface area contributed by atoms with Crippen LogP contribution in [0.15, 0.2) is 18.5 Å². The number of amides is 1. The Morgan fingerprint density at radius 2 is 2.00 bits per heavy atom. The van der Waals surface area contributed by atoms with Crippen LogP contribution < -0.4 is 5.32 Å². The monoisotopic (exact) mass is 377 g/mol. The van der Waals surface area contributed by atoms with Crippen molar-refractivity contribution in [2.75, 3.05) is 16.8 Å². The minimum Gasteiger partial charge on any atom is -0.305 e. The molecule has 1 aliphatic rings. The summed E-state index contributed by atoms with van der Waals surface area (Å²) in [4.78, 5) is 20.7. The molecule has 1 fully saturated rings. The molecule has 2 aromatic heterocycles. The van der Waals surface area contributed by atoms with Crippen molar-refractivity contribution >= 4 is 21.6 Å². The van der Waals surface area contributed by atoms with Crippen molar-refractivity contribution in [3.05, 3.63) is 35.5 Å². The van der Waals surface area contributed by atoms with Gasteiger partial charge in [-0.2, -0.15) is 5.10 Å². The molecule has 0 saturated carbocycles. The Morgan fingerprint density at radius 3 is 2.54 bits per heavy atom. The molecular formula is C17H23N5O3S. The van der Waals surface area contributed by atoms with Crippen molar-refractivity contribution in [1.82, 2.24) is 19.7 Å². The molecule has 0 radical (unpaired) electrons. The fourth-order valence-corrected chi connectivity index (χ4v) is 4.48. The molecule has 0 unspecified atom stereocenters. The number of aryl methyl sites for hydroxylation is 1. The minimum atomic E-state index is -3.07. The minimum absolute atomic E-state index is 0.0332. The molecule has 1 saturated heterocycles. The van der Waals surface area contributed by atoms with Gasteiger partial charge in [-0.3, -0.25) is 9.78 Å². The standard InChI is InChI=1S/C17H23N5O3S/c1-11-8-19-13(9-18-11)16(23)20-15-7-14(17(2,3)4)21-22(15)12-5-6-26(24,25)10-12/h7-9,12H,5-6,10H2,1-4H3,(H,20,23)/t12-/m0/s1. The maximum Gasteiger partial charge on any atom is 0.277 e. The molecule has 1 aliphatic heterocycles. The van der Waals surface area contributed by atoms with Crippen LogP contribution in [0.1, 0.15) is 55.1 Å². The Bertz CT molecular complexity index is 926. The number of sulfone groups is 1. The molecule has 26 heavy (non-hydrogen) atoms. The van der Waals surface area contributed by atoms with Crippen LogP contribution >= 0.6 is 0 Å². The average molecular weight is 377 g/mol. The van der Waals surface area contributed by atoms with Gasteiger partial charge in [0.2, 0.25) is 0 Å². The first-order valence-electron chi connectivity index (χ1n) is 8.46. The first-order chi connectivity index (χ1) is 12.0. The van der Waals surface area contributed by atoms with E-state index in [2.05, 4.69) is 20.4 Å². The number of aromatic nitrogens is 4. The number of carbonyl (C=O) groups is 1. The summed E-state index contributed by atoms with van der Waals surface area (Å²) in [5.41, 5.74) is 1.47. The lowest BCUT2D eigenvalue weighted by atomic mass is 9.92. The van der Waals surface area contributed by atoms with E-state index in [0.717, 1.165) is 11.4 Å². The molecule has 0 bridgehead atoms. The normalized spacial score (nSPS) is 19.5. The summed E-state index contributed by atoms with van der Waals surface area (Å²) >= 11 is 0. The van der Waals surface area contributed by atoms with Crippen LogP contribution in [0.2, 0.25) is 0 Å². The zero-order valence-corrected chi connectivity index (χ0v) is 16.2. The van der Waals surface area contributed by atoms with E-state index in [4.69, 9.17) is 0 Å². The van der Waals surface area contributed by atoms with Crippen LogP contribution in [0.4, 0.5) is 5.82 Å². The Hall–Kier alpha value is -2.29. The van der Waals surface area contributed by atoms with Gasteiger partial charge in [-0.1, -0.05) is 20.8 Å². The number of rotatable bonds is 3. The van der Waals surface area contributed by atoms with E-state index in [-0.39, 0.29) is 28.7 Å². The van der Waals surface area contributed by atoms with Crippen LogP contribution in [-0.4, -0.2) is 45.6 Å². The average Bonchev–Trinajstić information content (AvgIpc) is 3.10. The molecule has 3 heterocycles. The number of anilines is 1. The van der Waals surface area contributed by atoms with Gasteiger partial charge >= 0.3 is 0 Å². The number of nitrogens with zero attached hydrogens (tertiary/aromatic N) is 4. The highest BCUT2D eigenvalue weighted by Gasteiger charge is 2.33. The van der Waals surface area contributed by atoms with Gasteiger partial charge in [-0.05, 0) is 13.3 Å². The SMILES string of the molecule is Cc1cnc(C(=O)Nc2cc(C(C)(C)C)nn2[C@H]2CCS(=O)(=O)C2)cn1. The van der Waals surface area contributed by atoms with Crippen LogP contribution in [0.3, 0.4) is 0 Å². The summed E-state index contributed by atoms with van der Waals surface area (Å²) < 4.78 is 25.3. The molecule has 140 valence electrons. The molecule has 1 atom stereocenters. The van der Waals surface area contributed by atoms with Crippen molar-refractivity contribution in [3.63, 3.8) is 0 Å². The maximum absolute atomic E-state index is 12.5. The molecule has 1 N–H and O–H groups in total. The molecule has 0 aliphatic carbocycles. The molecule has 9 heteroatoms. The predicted octanol–water partition coefficient (Wildman–Crippen LogP) is 1.89. The highest BCUT2D eigenvalue weighted by Crippen LogP contribution is 2.31. The van der Waals surface area contributed by atoms with Crippen molar-refractivity contribution in [2.45, 2.75) is 45.6 Å². The number of nitrogens with one attached hydrogen (secondary N) is 1. The van der Waals surface area contributed by atoms with Gasteiger partial charge in [-0.15, -0.1) is 0 Å². The van der Waals surface area contributed by atoms with Gasteiger partial charge in [0.15, 0.2) is 9.84 Å². The second kappa shape index (κ2) is 6.46. The Balaban J connectivity index is 1.93. The quantitative estimate of drug-likeness (QED) is 0.875. The second-order valence-electron chi connectivity index (χ2n) is 7.66. The van der Waals surface area contributed by atoms with Crippen LogP contribution in [0.5, 0.6) is 0 Å². The number of hydrogen-bond donors (Lipinski definition) is 1. The summed E-state index contributed by atoms with van der Waals surface area (Å²) in [6, 6.07) is 1.51. The molecule has 0 spiro atoms. The maximum atomic E-state index is 12.5. The van der Waals surface area contributed by atoms with E-state index in [9.17, 15) is 13.2 Å². The fraction of sp³-hybridized carbons (Fsp3) is 0.529. The molecule has 0 aromatic carbocycles. The van der Waals surface area contributed by atoms with Crippen LogP contribution in [0.25, 0.3) is 0 Å². The van der Waals surface area contributed by atoms with Crippen molar-refractivity contribution in [2.24, 2.45) is 0 Å². The summed E-state index contributed by atoms with van der Waals surface area (Å²) in [7, 11) is -3.07. The van der Waals surface area contributed by atoms with Crippen LogP contribution in [0, 0.1) is 6.92 Å². The Kier molecular flexibility index (Phi) is 4.60. The summed E-state index contributed by atoms with van der Waals surface area (Å²) in [6.45, 7) is 7.84. The van der Waals surface area contributed by atoms with Crippen molar-refractivity contribution in [1.29, 1.82) is 0 Å². The van der Waals surface area contributed by atoms with Crippen molar-refractivity contribution in [3.8, 4) is 0 Å². The lowest BCUT2D eigenvalue weighted by Crippen LogP contribution is -2.20. The predicted molar refractivity (Wildman–Crippen MR) is 98.0 cm³/mol. The van der Waals surface area contributed by atoms with E-state index in [1.807, 2.05) is 20.8 Å². The third-order valence-corrected chi connectivity index (χ3v) is 6.06. The van der Waals surface area contributed by atoms with E-state index >= 15 is 0 Å². The Morgan fingerprint density at radius 1 is 1.27 bits per heavy atom. The topological polar surface area (TPSA) is 107 Å². The molecule has 1 amide bonds. The van der Waals surface area contributed by atoms with Gasteiger partial charge in [-0.25, -0.2) is 18.1 Å². The van der Waals surface area contributed by atoms with Crippen LogP contribution in [-0.2, 0) is 15.3 Å². The third kappa shape index (κ3) is 3.92. The van der Waals surface area contributed by atoms with E-state index < -0.39 is 15.7 Å².